The van der Waals surface area contributed by atoms with Gasteiger partial charge in [-0.25, -0.2) is 4.39 Å². The summed E-state index contributed by atoms with van der Waals surface area (Å²) in [6.45, 7) is 0. The molecule has 0 saturated carbocycles. The molecule has 86 valence electrons. The summed E-state index contributed by atoms with van der Waals surface area (Å²) in [5.41, 5.74) is 1.64. The highest BCUT2D eigenvalue weighted by molar-refractivity contribution is 5.87. The molecule has 2 aromatic rings. The van der Waals surface area contributed by atoms with E-state index in [1.165, 1.54) is 19.2 Å². The highest BCUT2D eigenvalue weighted by Crippen LogP contribution is 2.25. The third-order valence-electron chi connectivity index (χ3n) is 2.40. The molecule has 3 nitrogen and oxygen atoms in total. The van der Waals surface area contributed by atoms with Gasteiger partial charge in [-0.15, -0.1) is 0 Å². The van der Waals surface area contributed by atoms with Crippen LogP contribution in [0.25, 0.3) is 11.1 Å². The third kappa shape index (κ3) is 2.30. The maximum atomic E-state index is 13.0. The number of benzene rings is 1. The minimum atomic E-state index is -0.438. The van der Waals surface area contributed by atoms with Crippen LogP contribution in [0, 0.1) is 5.82 Å². The van der Waals surface area contributed by atoms with Gasteiger partial charge >= 0.3 is 0 Å². The van der Waals surface area contributed by atoms with Crippen LogP contribution in [-0.4, -0.2) is 18.4 Å². The fourth-order valence-corrected chi connectivity index (χ4v) is 1.57. The minimum absolute atomic E-state index is 0.292. The Kier molecular flexibility index (Phi) is 3.14. The van der Waals surface area contributed by atoms with Gasteiger partial charge in [0.25, 0.3) is 0 Å². The van der Waals surface area contributed by atoms with Gasteiger partial charge in [0.15, 0.2) is 6.29 Å². The van der Waals surface area contributed by atoms with Crippen molar-refractivity contribution in [2.75, 3.05) is 7.11 Å². The molecule has 0 amide bonds. The molecule has 0 atom stereocenters. The molecule has 17 heavy (non-hydrogen) atoms. The van der Waals surface area contributed by atoms with Gasteiger partial charge in [-0.1, -0.05) is 6.07 Å². The van der Waals surface area contributed by atoms with Gasteiger partial charge in [0.2, 0.25) is 0 Å². The summed E-state index contributed by atoms with van der Waals surface area (Å²) < 4.78 is 18.0. The van der Waals surface area contributed by atoms with Crippen molar-refractivity contribution in [2.45, 2.75) is 0 Å². The van der Waals surface area contributed by atoms with Crippen molar-refractivity contribution in [3.05, 3.63) is 48.0 Å². The van der Waals surface area contributed by atoms with E-state index in [0.717, 1.165) is 0 Å². The number of halogens is 1. The van der Waals surface area contributed by atoms with Crippen molar-refractivity contribution in [2.24, 2.45) is 0 Å². The Bertz CT molecular complexity index is 555. The molecular formula is C13H10FNO2. The quantitative estimate of drug-likeness (QED) is 0.762. The van der Waals surface area contributed by atoms with E-state index in [9.17, 15) is 9.18 Å². The second-order valence-corrected chi connectivity index (χ2v) is 3.46. The van der Waals surface area contributed by atoms with Gasteiger partial charge in [0, 0.05) is 17.3 Å². The number of aldehydes is 1. The van der Waals surface area contributed by atoms with Crippen molar-refractivity contribution >= 4 is 6.29 Å². The number of carbonyl (C=O) groups is 1. The predicted molar refractivity (Wildman–Crippen MR) is 61.6 cm³/mol. The molecule has 0 fully saturated rings. The number of pyridine rings is 1. The summed E-state index contributed by atoms with van der Waals surface area (Å²) in [4.78, 5) is 14.9. The molecular weight excluding hydrogens is 221 g/mol. The summed E-state index contributed by atoms with van der Waals surface area (Å²) in [7, 11) is 1.53. The number of rotatable bonds is 3. The first kappa shape index (κ1) is 11.3. The second-order valence-electron chi connectivity index (χ2n) is 3.46. The Morgan fingerprint density at radius 2 is 2.12 bits per heavy atom. The van der Waals surface area contributed by atoms with Crippen LogP contribution in [0.1, 0.15) is 10.4 Å². The lowest BCUT2D eigenvalue weighted by molar-refractivity contribution is 0.112. The Morgan fingerprint density at radius 3 is 2.82 bits per heavy atom. The summed E-state index contributed by atoms with van der Waals surface area (Å²) in [6.07, 6.45) is 3.79. The molecule has 0 aliphatic rings. The molecule has 1 heterocycles. The number of ether oxygens (including phenoxy) is 1. The maximum Gasteiger partial charge on any atom is 0.150 e. The Morgan fingerprint density at radius 1 is 1.29 bits per heavy atom. The molecule has 0 spiro atoms. The van der Waals surface area contributed by atoms with Crippen LogP contribution in [0.4, 0.5) is 4.39 Å². The van der Waals surface area contributed by atoms with Crippen molar-refractivity contribution in [3.8, 4) is 16.9 Å². The van der Waals surface area contributed by atoms with Gasteiger partial charge in [-0.3, -0.25) is 9.78 Å². The fourth-order valence-electron chi connectivity index (χ4n) is 1.57. The number of methoxy groups -OCH3 is 1. The molecule has 0 aliphatic carbocycles. The van der Waals surface area contributed by atoms with E-state index in [2.05, 4.69) is 4.98 Å². The monoisotopic (exact) mass is 231 g/mol. The first-order valence-electron chi connectivity index (χ1n) is 4.98. The van der Waals surface area contributed by atoms with Crippen molar-refractivity contribution in [1.82, 2.24) is 4.98 Å². The normalized spacial score (nSPS) is 10.0. The van der Waals surface area contributed by atoms with Crippen LogP contribution >= 0.6 is 0 Å². The van der Waals surface area contributed by atoms with Gasteiger partial charge in [-0.2, -0.15) is 0 Å². The summed E-state index contributed by atoms with van der Waals surface area (Å²) >= 11 is 0. The third-order valence-corrected chi connectivity index (χ3v) is 2.40. The first-order chi connectivity index (χ1) is 8.24. The highest BCUT2D eigenvalue weighted by Gasteiger charge is 2.07. The number of hydrogen-bond acceptors (Lipinski definition) is 3. The van der Waals surface area contributed by atoms with E-state index in [1.54, 1.807) is 24.5 Å². The van der Waals surface area contributed by atoms with E-state index in [0.29, 0.717) is 28.7 Å². The zero-order valence-corrected chi connectivity index (χ0v) is 9.18. The van der Waals surface area contributed by atoms with E-state index >= 15 is 0 Å². The van der Waals surface area contributed by atoms with Crippen molar-refractivity contribution in [3.63, 3.8) is 0 Å². The van der Waals surface area contributed by atoms with Crippen LogP contribution in [0.2, 0.25) is 0 Å². The first-order valence-corrected chi connectivity index (χ1v) is 4.98. The Balaban J connectivity index is 2.55. The zero-order valence-electron chi connectivity index (χ0n) is 9.18. The van der Waals surface area contributed by atoms with Gasteiger partial charge in [0.1, 0.15) is 11.6 Å². The average molecular weight is 231 g/mol. The molecule has 2 rings (SSSR count). The lowest BCUT2D eigenvalue weighted by Crippen LogP contribution is -1.91. The van der Waals surface area contributed by atoms with Crippen LogP contribution in [0.15, 0.2) is 36.7 Å². The molecule has 4 heteroatoms. The van der Waals surface area contributed by atoms with E-state index < -0.39 is 5.82 Å². The molecule has 0 N–H and O–H groups in total. The van der Waals surface area contributed by atoms with Gasteiger partial charge in [-0.05, 0) is 23.8 Å². The standard InChI is InChI=1S/C13H10FNO2/c1-17-12-5-9(6-15-7-12)13-3-2-11(14)4-10(13)8-16/h2-8H,1H3. The number of aromatic nitrogens is 1. The molecule has 1 aromatic heterocycles. The molecule has 0 bridgehead atoms. The van der Waals surface area contributed by atoms with Crippen LogP contribution < -0.4 is 4.74 Å². The lowest BCUT2D eigenvalue weighted by Gasteiger charge is -2.06. The average Bonchev–Trinajstić information content (AvgIpc) is 2.38. The minimum Gasteiger partial charge on any atom is -0.495 e. The molecule has 0 aliphatic heterocycles. The topological polar surface area (TPSA) is 39.2 Å². The fraction of sp³-hybridized carbons (Fsp3) is 0.0769. The molecule has 0 radical (unpaired) electrons. The van der Waals surface area contributed by atoms with Crippen molar-refractivity contribution < 1.29 is 13.9 Å². The second kappa shape index (κ2) is 4.74. The SMILES string of the molecule is COc1cncc(-c2ccc(F)cc2C=O)c1. The van der Waals surface area contributed by atoms with E-state index in [-0.39, 0.29) is 0 Å². The summed E-state index contributed by atoms with van der Waals surface area (Å²) in [5.74, 6) is 0.148. The van der Waals surface area contributed by atoms with Crippen LogP contribution in [0.5, 0.6) is 5.75 Å². The van der Waals surface area contributed by atoms with Gasteiger partial charge < -0.3 is 4.74 Å². The number of carbonyl (C=O) groups excluding carboxylic acids is 1. The summed E-state index contributed by atoms with van der Waals surface area (Å²) in [6, 6.07) is 5.80. The Labute approximate surface area is 97.9 Å². The maximum absolute atomic E-state index is 13.0. The van der Waals surface area contributed by atoms with Crippen molar-refractivity contribution in [1.29, 1.82) is 0 Å². The van der Waals surface area contributed by atoms with E-state index in [1.807, 2.05) is 0 Å². The lowest BCUT2D eigenvalue weighted by atomic mass is 10.0. The largest absolute Gasteiger partial charge is 0.495 e. The summed E-state index contributed by atoms with van der Waals surface area (Å²) in [5, 5.41) is 0. The number of hydrogen-bond donors (Lipinski definition) is 0. The molecule has 1 aromatic carbocycles. The Hall–Kier alpha value is -2.23. The molecule has 0 unspecified atom stereocenters. The highest BCUT2D eigenvalue weighted by atomic mass is 19.1. The van der Waals surface area contributed by atoms with E-state index in [4.69, 9.17) is 4.74 Å². The smallest absolute Gasteiger partial charge is 0.150 e. The van der Waals surface area contributed by atoms with Gasteiger partial charge in [0.05, 0.1) is 13.3 Å². The molecule has 0 saturated heterocycles. The van der Waals surface area contributed by atoms with Crippen LogP contribution in [-0.2, 0) is 0 Å². The number of nitrogens with zero attached hydrogens (tertiary/aromatic N) is 1. The van der Waals surface area contributed by atoms with Crippen LogP contribution in [0.3, 0.4) is 0 Å². The predicted octanol–water partition coefficient (Wildman–Crippen LogP) is 2.71. The zero-order chi connectivity index (χ0) is 12.3.